The van der Waals surface area contributed by atoms with Gasteiger partial charge in [0.15, 0.2) is 0 Å². The third-order valence-corrected chi connectivity index (χ3v) is 5.18. The number of anilines is 2. The lowest BCUT2D eigenvalue weighted by Crippen LogP contribution is -2.42. The summed E-state index contributed by atoms with van der Waals surface area (Å²) in [5.41, 5.74) is 10.3. The van der Waals surface area contributed by atoms with Gasteiger partial charge in [-0.3, -0.25) is 4.79 Å². The molecule has 3 rings (SSSR count). The fourth-order valence-electron chi connectivity index (χ4n) is 3.73. The van der Waals surface area contributed by atoms with Gasteiger partial charge in [-0.25, -0.2) is 0 Å². The maximum atomic E-state index is 12.8. The number of halogens is 1. The smallest absolute Gasteiger partial charge is 0.240 e. The molecule has 152 valence electrons. The summed E-state index contributed by atoms with van der Waals surface area (Å²) < 4.78 is 5.23. The van der Waals surface area contributed by atoms with Crippen molar-refractivity contribution in [2.75, 3.05) is 30.8 Å². The molecule has 0 saturated carbocycles. The van der Waals surface area contributed by atoms with E-state index >= 15 is 0 Å². The Balaban J connectivity index is 0.00000280. The molecule has 1 unspecified atom stereocenters. The van der Waals surface area contributed by atoms with Gasteiger partial charge in [0.2, 0.25) is 5.91 Å². The molecule has 0 radical (unpaired) electrons. The van der Waals surface area contributed by atoms with E-state index < -0.39 is 0 Å². The molecule has 28 heavy (non-hydrogen) atoms. The van der Waals surface area contributed by atoms with E-state index in [-0.39, 0.29) is 30.3 Å². The SMILES string of the molecule is COc1ccc(C(NC(=O)CN2CCCc3c(N)cccc32)C(C)C)cc1.Cl. The lowest BCUT2D eigenvalue weighted by atomic mass is 9.95. The van der Waals surface area contributed by atoms with E-state index in [1.165, 1.54) is 0 Å². The summed E-state index contributed by atoms with van der Waals surface area (Å²) in [7, 11) is 1.65. The predicted molar refractivity (Wildman–Crippen MR) is 117 cm³/mol. The fraction of sp³-hybridized carbons (Fsp3) is 0.409. The van der Waals surface area contributed by atoms with Crippen LogP contribution < -0.4 is 20.7 Å². The number of carbonyl (C=O) groups is 1. The number of nitrogens with zero attached hydrogens (tertiary/aromatic N) is 1. The Bertz CT molecular complexity index is 793. The summed E-state index contributed by atoms with van der Waals surface area (Å²) in [6.45, 7) is 5.45. The number of hydrogen-bond acceptors (Lipinski definition) is 4. The van der Waals surface area contributed by atoms with Crippen LogP contribution in [0.4, 0.5) is 11.4 Å². The number of carbonyl (C=O) groups excluding carboxylic acids is 1. The van der Waals surface area contributed by atoms with E-state index in [1.54, 1.807) is 7.11 Å². The second kappa shape index (κ2) is 9.69. The largest absolute Gasteiger partial charge is 0.497 e. The van der Waals surface area contributed by atoms with Crippen LogP contribution >= 0.6 is 12.4 Å². The molecule has 1 aliphatic rings. The highest BCUT2D eigenvalue weighted by Crippen LogP contribution is 2.31. The van der Waals surface area contributed by atoms with Gasteiger partial charge in [-0.05, 0) is 54.2 Å². The predicted octanol–water partition coefficient (Wildman–Crippen LogP) is 3.97. The van der Waals surface area contributed by atoms with Gasteiger partial charge in [0.1, 0.15) is 5.75 Å². The first-order valence-corrected chi connectivity index (χ1v) is 9.55. The van der Waals surface area contributed by atoms with Crippen LogP contribution in [0.2, 0.25) is 0 Å². The van der Waals surface area contributed by atoms with Crippen molar-refractivity contribution < 1.29 is 9.53 Å². The number of rotatable bonds is 6. The van der Waals surface area contributed by atoms with Gasteiger partial charge >= 0.3 is 0 Å². The van der Waals surface area contributed by atoms with Gasteiger partial charge in [-0.2, -0.15) is 0 Å². The van der Waals surface area contributed by atoms with Gasteiger partial charge in [0.05, 0.1) is 19.7 Å². The molecule has 2 aromatic carbocycles. The third-order valence-electron chi connectivity index (χ3n) is 5.18. The van der Waals surface area contributed by atoms with Crippen molar-refractivity contribution in [1.29, 1.82) is 0 Å². The first-order chi connectivity index (χ1) is 13.0. The maximum Gasteiger partial charge on any atom is 0.240 e. The van der Waals surface area contributed by atoms with Crippen molar-refractivity contribution in [1.82, 2.24) is 5.32 Å². The molecule has 0 spiro atoms. The van der Waals surface area contributed by atoms with Crippen LogP contribution in [0.3, 0.4) is 0 Å². The Morgan fingerprint density at radius 3 is 2.57 bits per heavy atom. The zero-order valence-corrected chi connectivity index (χ0v) is 17.6. The van der Waals surface area contributed by atoms with Crippen LogP contribution in [0.1, 0.15) is 37.4 Å². The van der Waals surface area contributed by atoms with Crippen molar-refractivity contribution in [2.45, 2.75) is 32.7 Å². The molecule has 1 heterocycles. The average molecular weight is 404 g/mol. The topological polar surface area (TPSA) is 67.6 Å². The molecular formula is C22H30ClN3O2. The molecule has 6 heteroatoms. The molecule has 1 atom stereocenters. The number of nitrogen functional groups attached to an aromatic ring is 1. The molecule has 1 amide bonds. The van der Waals surface area contributed by atoms with Gasteiger partial charge < -0.3 is 20.7 Å². The average Bonchev–Trinajstić information content (AvgIpc) is 2.67. The third kappa shape index (κ3) is 4.90. The van der Waals surface area contributed by atoms with Crippen molar-refractivity contribution in [3.8, 4) is 5.75 Å². The zero-order chi connectivity index (χ0) is 19.4. The lowest BCUT2D eigenvalue weighted by molar-refractivity contribution is -0.120. The molecular weight excluding hydrogens is 374 g/mol. The van der Waals surface area contributed by atoms with E-state index in [0.29, 0.717) is 6.54 Å². The number of methoxy groups -OCH3 is 1. The summed E-state index contributed by atoms with van der Waals surface area (Å²) >= 11 is 0. The van der Waals surface area contributed by atoms with Crippen LogP contribution in [0.5, 0.6) is 5.75 Å². The van der Waals surface area contributed by atoms with Gasteiger partial charge in [-0.15, -0.1) is 12.4 Å². The monoisotopic (exact) mass is 403 g/mol. The minimum atomic E-state index is -0.0338. The molecule has 0 saturated heterocycles. The molecule has 5 nitrogen and oxygen atoms in total. The van der Waals surface area contributed by atoms with Crippen molar-refractivity contribution >= 4 is 29.7 Å². The Kier molecular flexibility index (Phi) is 7.58. The summed E-state index contributed by atoms with van der Waals surface area (Å²) in [4.78, 5) is 14.9. The molecule has 1 aliphatic heterocycles. The highest BCUT2D eigenvalue weighted by atomic mass is 35.5. The van der Waals surface area contributed by atoms with E-state index in [0.717, 1.165) is 47.6 Å². The number of nitrogens with one attached hydrogen (secondary N) is 1. The van der Waals surface area contributed by atoms with E-state index in [1.807, 2.05) is 36.4 Å². The summed E-state index contributed by atoms with van der Waals surface area (Å²) in [5.74, 6) is 1.13. The number of benzene rings is 2. The van der Waals surface area contributed by atoms with E-state index in [4.69, 9.17) is 10.5 Å². The van der Waals surface area contributed by atoms with Crippen LogP contribution in [-0.4, -0.2) is 26.1 Å². The second-order valence-corrected chi connectivity index (χ2v) is 7.43. The van der Waals surface area contributed by atoms with E-state index in [2.05, 4.69) is 30.1 Å². The first-order valence-electron chi connectivity index (χ1n) is 9.55. The molecule has 0 aromatic heterocycles. The van der Waals surface area contributed by atoms with Crippen LogP contribution in [0.25, 0.3) is 0 Å². The van der Waals surface area contributed by atoms with E-state index in [9.17, 15) is 4.79 Å². The summed E-state index contributed by atoms with van der Waals surface area (Å²) in [5, 5.41) is 3.21. The number of nitrogens with two attached hydrogens (primary N) is 1. The Hall–Kier alpha value is -2.40. The second-order valence-electron chi connectivity index (χ2n) is 7.43. The Morgan fingerprint density at radius 1 is 1.21 bits per heavy atom. The normalized spacial score (nSPS) is 14.1. The fourth-order valence-corrected chi connectivity index (χ4v) is 3.73. The minimum Gasteiger partial charge on any atom is -0.497 e. The Morgan fingerprint density at radius 2 is 1.93 bits per heavy atom. The molecule has 2 aromatic rings. The highest BCUT2D eigenvalue weighted by Gasteiger charge is 2.23. The number of fused-ring (bicyclic) bond motifs is 1. The number of amides is 1. The molecule has 0 fully saturated rings. The number of hydrogen-bond donors (Lipinski definition) is 2. The maximum absolute atomic E-state index is 12.8. The van der Waals surface area contributed by atoms with Crippen molar-refractivity contribution in [3.63, 3.8) is 0 Å². The van der Waals surface area contributed by atoms with Crippen molar-refractivity contribution in [2.24, 2.45) is 5.92 Å². The van der Waals surface area contributed by atoms with Gasteiger partial charge in [-0.1, -0.05) is 32.0 Å². The first kappa shape index (κ1) is 21.9. The zero-order valence-electron chi connectivity index (χ0n) is 16.8. The van der Waals surface area contributed by atoms with Gasteiger partial charge in [0, 0.05) is 17.9 Å². The highest BCUT2D eigenvalue weighted by molar-refractivity contribution is 5.85. The standard InChI is InChI=1S/C22H29N3O2.ClH/c1-15(2)22(16-9-11-17(27-3)12-10-16)24-21(26)14-25-13-5-6-18-19(23)7-4-8-20(18)25;/h4,7-12,15,22H,5-6,13-14,23H2,1-3H3,(H,24,26);1H. The van der Waals surface area contributed by atoms with Crippen LogP contribution in [0, 0.1) is 5.92 Å². The summed E-state index contributed by atoms with van der Waals surface area (Å²) in [6.07, 6.45) is 1.99. The molecule has 0 bridgehead atoms. The summed E-state index contributed by atoms with van der Waals surface area (Å²) in [6, 6.07) is 13.8. The molecule has 0 aliphatic carbocycles. The number of ether oxygens (including phenoxy) is 1. The molecule has 3 N–H and O–H groups in total. The lowest BCUT2D eigenvalue weighted by Gasteiger charge is -2.32. The van der Waals surface area contributed by atoms with Gasteiger partial charge in [0.25, 0.3) is 0 Å². The Labute approximate surface area is 173 Å². The minimum absolute atomic E-state index is 0. The van der Waals surface area contributed by atoms with Crippen LogP contribution in [-0.2, 0) is 11.2 Å². The van der Waals surface area contributed by atoms with Crippen molar-refractivity contribution in [3.05, 3.63) is 53.6 Å². The van der Waals surface area contributed by atoms with Crippen LogP contribution in [0.15, 0.2) is 42.5 Å². The quantitative estimate of drug-likeness (QED) is 0.716.